The minimum Gasteiger partial charge on any atom is -0.508 e. The van der Waals surface area contributed by atoms with Crippen LogP contribution in [0.4, 0.5) is 0 Å². The summed E-state index contributed by atoms with van der Waals surface area (Å²) in [5.41, 5.74) is 0.782. The first-order valence-corrected chi connectivity index (χ1v) is 8.43. The van der Waals surface area contributed by atoms with E-state index in [1.165, 1.54) is 31.4 Å². The number of halogens is 1. The second-order valence-corrected chi connectivity index (χ2v) is 6.18. The molecule has 2 unspecified atom stereocenters. The number of benzene rings is 2. The normalized spacial score (nSPS) is 18.6. The number of aliphatic hydroxyl groups excluding tert-OH is 1. The summed E-state index contributed by atoms with van der Waals surface area (Å²) in [4.78, 5) is 0. The third kappa shape index (κ3) is 3.60. The number of alkyl halides is 1. The van der Waals surface area contributed by atoms with Gasteiger partial charge in [0.15, 0.2) is 23.0 Å². The van der Waals surface area contributed by atoms with Gasteiger partial charge in [-0.15, -0.1) is 11.6 Å². The molecule has 26 heavy (non-hydrogen) atoms. The molecule has 0 spiro atoms. The SMILES string of the molecule is COc1cc(O)cc(-c2cc(CO)cc(OCC3OC3CCl)c2O)c1O. The summed E-state index contributed by atoms with van der Waals surface area (Å²) in [7, 11) is 1.35. The number of hydrogen-bond acceptors (Lipinski definition) is 7. The molecule has 2 aromatic rings. The number of phenols is 3. The molecular formula is C18H19ClO7. The Morgan fingerprint density at radius 1 is 1.00 bits per heavy atom. The van der Waals surface area contributed by atoms with Crippen molar-refractivity contribution in [3.8, 4) is 39.9 Å². The minimum atomic E-state index is -0.301. The van der Waals surface area contributed by atoms with Gasteiger partial charge in [-0.05, 0) is 23.8 Å². The van der Waals surface area contributed by atoms with Gasteiger partial charge in [-0.1, -0.05) is 0 Å². The van der Waals surface area contributed by atoms with E-state index in [4.69, 9.17) is 25.8 Å². The van der Waals surface area contributed by atoms with Gasteiger partial charge in [-0.25, -0.2) is 0 Å². The molecule has 1 heterocycles. The standard InChI is InChI=1S/C18H19ClO7/c1-24-13-5-10(21)4-12(17(13)22)11-2-9(7-20)3-14(18(11)23)25-8-16-15(6-19)26-16/h2-5,15-16,20-23H,6-8H2,1H3. The summed E-state index contributed by atoms with van der Waals surface area (Å²) in [5.74, 6) is -0.117. The van der Waals surface area contributed by atoms with Crippen LogP contribution in [-0.4, -0.2) is 52.2 Å². The van der Waals surface area contributed by atoms with Crippen LogP contribution in [0.2, 0.25) is 0 Å². The van der Waals surface area contributed by atoms with Gasteiger partial charge in [-0.2, -0.15) is 0 Å². The zero-order valence-electron chi connectivity index (χ0n) is 14.0. The van der Waals surface area contributed by atoms with E-state index in [-0.39, 0.29) is 65.3 Å². The van der Waals surface area contributed by atoms with Crippen molar-refractivity contribution in [3.63, 3.8) is 0 Å². The fourth-order valence-corrected chi connectivity index (χ4v) is 2.93. The van der Waals surface area contributed by atoms with Crippen molar-refractivity contribution in [2.24, 2.45) is 0 Å². The molecule has 7 nitrogen and oxygen atoms in total. The summed E-state index contributed by atoms with van der Waals surface area (Å²) in [6, 6.07) is 5.52. The predicted molar refractivity (Wildman–Crippen MR) is 94.2 cm³/mol. The molecule has 0 bridgehead atoms. The molecule has 2 aromatic carbocycles. The molecule has 8 heteroatoms. The molecule has 1 saturated heterocycles. The lowest BCUT2D eigenvalue weighted by Crippen LogP contribution is -2.08. The third-order valence-electron chi connectivity index (χ3n) is 4.13. The molecule has 0 aromatic heterocycles. The van der Waals surface area contributed by atoms with Crippen LogP contribution >= 0.6 is 11.6 Å². The quantitative estimate of drug-likeness (QED) is 0.330. The van der Waals surface area contributed by atoms with Crippen LogP contribution in [0.1, 0.15) is 5.56 Å². The van der Waals surface area contributed by atoms with Crippen molar-refractivity contribution >= 4 is 11.6 Å². The smallest absolute Gasteiger partial charge is 0.166 e. The van der Waals surface area contributed by atoms with Crippen molar-refractivity contribution in [2.45, 2.75) is 18.8 Å². The molecule has 140 valence electrons. The van der Waals surface area contributed by atoms with Crippen molar-refractivity contribution in [1.29, 1.82) is 0 Å². The van der Waals surface area contributed by atoms with Crippen LogP contribution in [0.5, 0.6) is 28.7 Å². The molecule has 0 radical (unpaired) electrons. The van der Waals surface area contributed by atoms with E-state index >= 15 is 0 Å². The van der Waals surface area contributed by atoms with E-state index in [0.717, 1.165) is 0 Å². The first kappa shape index (κ1) is 18.4. The van der Waals surface area contributed by atoms with Crippen molar-refractivity contribution in [2.75, 3.05) is 19.6 Å². The Balaban J connectivity index is 1.99. The van der Waals surface area contributed by atoms with Gasteiger partial charge in [0.2, 0.25) is 0 Å². The molecule has 0 aliphatic carbocycles. The van der Waals surface area contributed by atoms with Gasteiger partial charge in [0.1, 0.15) is 24.6 Å². The van der Waals surface area contributed by atoms with Crippen LogP contribution in [0.15, 0.2) is 24.3 Å². The number of aliphatic hydroxyl groups is 1. The maximum Gasteiger partial charge on any atom is 0.166 e. The fraction of sp³-hybridized carbons (Fsp3) is 0.333. The Labute approximate surface area is 154 Å². The summed E-state index contributed by atoms with van der Waals surface area (Å²) in [6.07, 6.45) is -0.221. The van der Waals surface area contributed by atoms with E-state index < -0.39 is 0 Å². The van der Waals surface area contributed by atoms with E-state index in [1.807, 2.05) is 0 Å². The van der Waals surface area contributed by atoms with Crippen molar-refractivity contribution in [1.82, 2.24) is 0 Å². The second kappa shape index (κ2) is 7.49. The average molecular weight is 383 g/mol. The van der Waals surface area contributed by atoms with Gasteiger partial charge in [0.25, 0.3) is 0 Å². The van der Waals surface area contributed by atoms with Crippen molar-refractivity contribution < 1.29 is 34.6 Å². The number of phenolic OH excluding ortho intramolecular Hbond substituents is 3. The average Bonchev–Trinajstić information content (AvgIpc) is 3.41. The van der Waals surface area contributed by atoms with Crippen LogP contribution in [0.25, 0.3) is 11.1 Å². The Kier molecular flexibility index (Phi) is 5.31. The first-order chi connectivity index (χ1) is 12.5. The second-order valence-electron chi connectivity index (χ2n) is 5.87. The summed E-state index contributed by atoms with van der Waals surface area (Å²) >= 11 is 5.69. The van der Waals surface area contributed by atoms with Crippen LogP contribution in [0.3, 0.4) is 0 Å². The summed E-state index contributed by atoms with van der Waals surface area (Å²) in [6.45, 7) is -0.112. The number of epoxide rings is 1. The maximum atomic E-state index is 10.6. The molecule has 0 saturated carbocycles. The largest absolute Gasteiger partial charge is 0.508 e. The lowest BCUT2D eigenvalue weighted by molar-refractivity contribution is 0.250. The summed E-state index contributed by atoms with van der Waals surface area (Å²) < 4.78 is 15.9. The highest BCUT2D eigenvalue weighted by molar-refractivity contribution is 6.18. The van der Waals surface area contributed by atoms with Crippen molar-refractivity contribution in [3.05, 3.63) is 29.8 Å². The Hall–Kier alpha value is -2.35. The molecule has 1 aliphatic heterocycles. The zero-order valence-corrected chi connectivity index (χ0v) is 14.7. The highest BCUT2D eigenvalue weighted by atomic mass is 35.5. The Morgan fingerprint density at radius 3 is 2.31 bits per heavy atom. The Morgan fingerprint density at radius 2 is 1.69 bits per heavy atom. The zero-order chi connectivity index (χ0) is 18.8. The van der Waals surface area contributed by atoms with Crippen LogP contribution in [0, 0.1) is 0 Å². The highest BCUT2D eigenvalue weighted by Gasteiger charge is 2.38. The minimum absolute atomic E-state index is 0.0487. The molecule has 1 aliphatic rings. The molecule has 0 amide bonds. The molecular weight excluding hydrogens is 364 g/mol. The van der Waals surface area contributed by atoms with Gasteiger partial charge in [0, 0.05) is 17.2 Å². The first-order valence-electron chi connectivity index (χ1n) is 7.89. The third-order valence-corrected chi connectivity index (χ3v) is 4.43. The van der Waals surface area contributed by atoms with Crippen LogP contribution in [-0.2, 0) is 11.3 Å². The van der Waals surface area contributed by atoms with Gasteiger partial charge in [-0.3, -0.25) is 0 Å². The molecule has 3 rings (SSSR count). The molecule has 4 N–H and O–H groups in total. The monoisotopic (exact) mass is 382 g/mol. The predicted octanol–water partition coefficient (Wildman–Crippen LogP) is 2.36. The molecule has 2 atom stereocenters. The summed E-state index contributed by atoms with van der Waals surface area (Å²) in [5, 5.41) is 40.3. The fourth-order valence-electron chi connectivity index (χ4n) is 2.66. The number of aromatic hydroxyl groups is 3. The van der Waals surface area contributed by atoms with Gasteiger partial charge < -0.3 is 34.6 Å². The van der Waals surface area contributed by atoms with E-state index in [2.05, 4.69) is 0 Å². The van der Waals surface area contributed by atoms with E-state index in [0.29, 0.717) is 11.4 Å². The lowest BCUT2D eigenvalue weighted by Gasteiger charge is -2.15. The molecule has 1 fully saturated rings. The lowest BCUT2D eigenvalue weighted by atomic mass is 9.99. The highest BCUT2D eigenvalue weighted by Crippen LogP contribution is 2.46. The number of hydrogen-bond donors (Lipinski definition) is 4. The van der Waals surface area contributed by atoms with Crippen LogP contribution < -0.4 is 9.47 Å². The van der Waals surface area contributed by atoms with Gasteiger partial charge in [0.05, 0.1) is 19.6 Å². The van der Waals surface area contributed by atoms with E-state index in [9.17, 15) is 20.4 Å². The number of ether oxygens (including phenoxy) is 3. The Bertz CT molecular complexity index is 809. The van der Waals surface area contributed by atoms with Gasteiger partial charge >= 0.3 is 0 Å². The van der Waals surface area contributed by atoms with E-state index in [1.54, 1.807) is 0 Å². The maximum absolute atomic E-state index is 10.6. The topological polar surface area (TPSA) is 112 Å². The number of methoxy groups -OCH3 is 1. The number of rotatable bonds is 7.